The van der Waals surface area contributed by atoms with E-state index in [9.17, 15) is 14.4 Å². The molecule has 0 aliphatic rings. The summed E-state index contributed by atoms with van der Waals surface area (Å²) in [6, 6.07) is 14.1. The van der Waals surface area contributed by atoms with Crippen LogP contribution >= 0.6 is 0 Å². The molecule has 0 N–H and O–H groups in total. The van der Waals surface area contributed by atoms with Gasteiger partial charge in [0, 0.05) is 19.8 Å². The molecule has 0 unspecified atom stereocenters. The summed E-state index contributed by atoms with van der Waals surface area (Å²) in [5, 5.41) is 0.268. The fraction of sp³-hybridized carbons (Fsp3) is 0.182. The Morgan fingerprint density at radius 3 is 2.43 bits per heavy atom. The molecule has 0 atom stereocenters. The third-order valence-electron chi connectivity index (χ3n) is 5.01. The van der Waals surface area contributed by atoms with E-state index in [2.05, 4.69) is 4.98 Å². The predicted octanol–water partition coefficient (Wildman–Crippen LogP) is 2.38. The number of benzene rings is 1. The molecule has 0 bridgehead atoms. The SMILES string of the molecule is Cc1ccc(N(Cc2ccco2)C(=O)c2ccc3c(=O)n(C)c(=O)n(C)c3n2)cc1. The van der Waals surface area contributed by atoms with Crippen molar-refractivity contribution < 1.29 is 9.21 Å². The highest BCUT2D eigenvalue weighted by Crippen LogP contribution is 2.21. The lowest BCUT2D eigenvalue weighted by Gasteiger charge is -2.22. The molecule has 152 valence electrons. The molecule has 0 spiro atoms. The van der Waals surface area contributed by atoms with Crippen LogP contribution in [-0.4, -0.2) is 20.0 Å². The molecule has 1 aromatic carbocycles. The maximum atomic E-state index is 13.4. The largest absolute Gasteiger partial charge is 0.467 e. The van der Waals surface area contributed by atoms with Gasteiger partial charge in [0.15, 0.2) is 0 Å². The fourth-order valence-electron chi connectivity index (χ4n) is 3.27. The lowest BCUT2D eigenvalue weighted by Crippen LogP contribution is -2.38. The number of nitrogens with zero attached hydrogens (tertiary/aromatic N) is 4. The third kappa shape index (κ3) is 3.32. The number of hydrogen-bond acceptors (Lipinski definition) is 5. The molecule has 0 radical (unpaired) electrons. The van der Waals surface area contributed by atoms with E-state index in [0.717, 1.165) is 10.1 Å². The molecule has 0 saturated carbocycles. The van der Waals surface area contributed by atoms with Gasteiger partial charge in [-0.05, 0) is 43.3 Å². The number of aromatic nitrogens is 3. The molecule has 4 rings (SSSR count). The van der Waals surface area contributed by atoms with Crippen LogP contribution in [0.4, 0.5) is 5.69 Å². The van der Waals surface area contributed by atoms with Crippen molar-refractivity contribution >= 4 is 22.6 Å². The molecule has 0 aliphatic carbocycles. The Kier molecular flexibility index (Phi) is 4.83. The number of pyridine rings is 1. The van der Waals surface area contributed by atoms with Crippen LogP contribution in [0.3, 0.4) is 0 Å². The molecule has 4 aromatic rings. The average Bonchev–Trinajstić information content (AvgIpc) is 3.28. The van der Waals surface area contributed by atoms with Gasteiger partial charge in [-0.1, -0.05) is 17.7 Å². The number of carbonyl (C=O) groups is 1. The monoisotopic (exact) mass is 404 g/mol. The number of fused-ring (bicyclic) bond motifs is 1. The summed E-state index contributed by atoms with van der Waals surface area (Å²) in [7, 11) is 2.93. The molecule has 0 saturated heterocycles. The molecule has 8 heteroatoms. The summed E-state index contributed by atoms with van der Waals surface area (Å²) in [6.45, 7) is 2.18. The van der Waals surface area contributed by atoms with Crippen molar-refractivity contribution in [3.63, 3.8) is 0 Å². The van der Waals surface area contributed by atoms with Gasteiger partial charge in [-0.2, -0.15) is 0 Å². The van der Waals surface area contributed by atoms with Crippen LogP contribution in [0, 0.1) is 6.92 Å². The van der Waals surface area contributed by atoms with Gasteiger partial charge in [0.25, 0.3) is 11.5 Å². The number of hydrogen-bond donors (Lipinski definition) is 0. The summed E-state index contributed by atoms with van der Waals surface area (Å²) in [5.41, 5.74) is 1.08. The molecule has 1 amide bonds. The number of anilines is 1. The fourth-order valence-corrected chi connectivity index (χ4v) is 3.27. The van der Waals surface area contributed by atoms with Gasteiger partial charge < -0.3 is 4.42 Å². The summed E-state index contributed by atoms with van der Waals surface area (Å²) in [4.78, 5) is 43.9. The second-order valence-electron chi connectivity index (χ2n) is 7.08. The van der Waals surface area contributed by atoms with Gasteiger partial charge in [-0.15, -0.1) is 0 Å². The number of carbonyl (C=O) groups excluding carboxylic acids is 1. The quantitative estimate of drug-likeness (QED) is 0.521. The van der Waals surface area contributed by atoms with E-state index in [4.69, 9.17) is 4.42 Å². The lowest BCUT2D eigenvalue weighted by molar-refractivity contribution is 0.0978. The molecule has 3 aromatic heterocycles. The molecule has 3 heterocycles. The minimum absolute atomic E-state index is 0.123. The zero-order valence-electron chi connectivity index (χ0n) is 16.8. The Labute approximate surface area is 171 Å². The molecule has 0 aliphatic heterocycles. The highest BCUT2D eigenvalue weighted by molar-refractivity contribution is 6.05. The van der Waals surface area contributed by atoms with E-state index in [-0.39, 0.29) is 29.2 Å². The maximum Gasteiger partial charge on any atom is 0.332 e. The van der Waals surface area contributed by atoms with Crippen molar-refractivity contribution in [2.45, 2.75) is 13.5 Å². The van der Waals surface area contributed by atoms with Crippen LogP contribution in [0.5, 0.6) is 0 Å². The first-order valence-corrected chi connectivity index (χ1v) is 9.34. The van der Waals surface area contributed by atoms with Crippen molar-refractivity contribution in [2.24, 2.45) is 14.1 Å². The van der Waals surface area contributed by atoms with Gasteiger partial charge in [-0.3, -0.25) is 23.6 Å². The van der Waals surface area contributed by atoms with Crippen LogP contribution in [0.1, 0.15) is 21.8 Å². The molecular formula is C22H20N4O4. The number of rotatable bonds is 4. The van der Waals surface area contributed by atoms with Crippen molar-refractivity contribution in [1.29, 1.82) is 0 Å². The van der Waals surface area contributed by atoms with Crippen LogP contribution < -0.4 is 16.1 Å². The maximum absolute atomic E-state index is 13.4. The summed E-state index contributed by atoms with van der Waals surface area (Å²) in [6.07, 6.45) is 1.55. The van der Waals surface area contributed by atoms with Gasteiger partial charge in [0.05, 0.1) is 18.2 Å². The van der Waals surface area contributed by atoms with Gasteiger partial charge >= 0.3 is 5.69 Å². The van der Waals surface area contributed by atoms with Crippen molar-refractivity contribution in [1.82, 2.24) is 14.1 Å². The normalized spacial score (nSPS) is 11.0. The van der Waals surface area contributed by atoms with E-state index >= 15 is 0 Å². The first-order chi connectivity index (χ1) is 14.4. The molecule has 8 nitrogen and oxygen atoms in total. The summed E-state index contributed by atoms with van der Waals surface area (Å²) < 4.78 is 7.70. The van der Waals surface area contributed by atoms with Crippen LogP contribution in [0.2, 0.25) is 0 Å². The van der Waals surface area contributed by atoms with E-state index in [1.165, 1.54) is 30.8 Å². The topological polar surface area (TPSA) is 90.3 Å². The van der Waals surface area contributed by atoms with Crippen LogP contribution in [-0.2, 0) is 20.6 Å². The average molecular weight is 404 g/mol. The Balaban J connectivity index is 1.83. The number of aryl methyl sites for hydroxylation is 2. The lowest BCUT2D eigenvalue weighted by atomic mass is 10.2. The Morgan fingerprint density at radius 2 is 1.77 bits per heavy atom. The van der Waals surface area contributed by atoms with E-state index in [1.54, 1.807) is 23.3 Å². The first kappa shape index (κ1) is 19.4. The summed E-state index contributed by atoms with van der Waals surface area (Å²) in [5.74, 6) is 0.247. The van der Waals surface area contributed by atoms with Crippen molar-refractivity contribution in [2.75, 3.05) is 4.90 Å². The second kappa shape index (κ2) is 7.47. The van der Waals surface area contributed by atoms with Gasteiger partial charge in [0.1, 0.15) is 17.1 Å². The van der Waals surface area contributed by atoms with Gasteiger partial charge in [0.2, 0.25) is 0 Å². The molecule has 0 fully saturated rings. The Morgan fingerprint density at radius 1 is 1.03 bits per heavy atom. The Bertz CT molecular complexity index is 1350. The summed E-state index contributed by atoms with van der Waals surface area (Å²) >= 11 is 0. The molecule has 30 heavy (non-hydrogen) atoms. The molecular weight excluding hydrogens is 384 g/mol. The van der Waals surface area contributed by atoms with E-state index < -0.39 is 11.2 Å². The zero-order chi connectivity index (χ0) is 21.4. The van der Waals surface area contributed by atoms with E-state index in [1.807, 2.05) is 31.2 Å². The van der Waals surface area contributed by atoms with Gasteiger partial charge in [-0.25, -0.2) is 9.78 Å². The highest BCUT2D eigenvalue weighted by Gasteiger charge is 2.22. The first-order valence-electron chi connectivity index (χ1n) is 9.34. The second-order valence-corrected chi connectivity index (χ2v) is 7.08. The van der Waals surface area contributed by atoms with Crippen LogP contribution in [0.25, 0.3) is 11.0 Å². The van der Waals surface area contributed by atoms with E-state index in [0.29, 0.717) is 11.4 Å². The number of furan rings is 1. The zero-order valence-corrected chi connectivity index (χ0v) is 16.8. The van der Waals surface area contributed by atoms with Crippen molar-refractivity contribution in [3.8, 4) is 0 Å². The Hall–Kier alpha value is -3.94. The third-order valence-corrected chi connectivity index (χ3v) is 5.01. The number of amides is 1. The standard InChI is InChI=1S/C22H20N4O4/c1-14-6-8-15(9-7-14)26(13-16-5-4-12-30-16)21(28)18-11-10-17-19(23-18)24(2)22(29)25(3)20(17)27/h4-12H,13H2,1-3H3. The predicted molar refractivity (Wildman–Crippen MR) is 113 cm³/mol. The smallest absolute Gasteiger partial charge is 0.332 e. The minimum Gasteiger partial charge on any atom is -0.467 e. The van der Waals surface area contributed by atoms with Crippen molar-refractivity contribution in [3.05, 3.63) is 92.6 Å². The minimum atomic E-state index is -0.504. The van der Waals surface area contributed by atoms with Crippen LogP contribution in [0.15, 0.2) is 68.8 Å². The highest BCUT2D eigenvalue weighted by atomic mass is 16.3.